The van der Waals surface area contributed by atoms with E-state index in [-0.39, 0.29) is 11.9 Å². The van der Waals surface area contributed by atoms with Crippen molar-refractivity contribution in [3.8, 4) is 0 Å². The molecular formula is C16H24N2O. The first-order chi connectivity index (χ1) is 9.20. The maximum Gasteiger partial charge on any atom is 0.220 e. The smallest absolute Gasteiger partial charge is 0.220 e. The van der Waals surface area contributed by atoms with Crippen molar-refractivity contribution in [3.05, 3.63) is 29.8 Å². The number of rotatable bonds is 4. The molecule has 1 unspecified atom stereocenters. The predicted octanol–water partition coefficient (Wildman–Crippen LogP) is 3.26. The van der Waals surface area contributed by atoms with E-state index in [9.17, 15) is 4.79 Å². The maximum absolute atomic E-state index is 11.4. The first-order valence-electron chi connectivity index (χ1n) is 7.35. The topological polar surface area (TPSA) is 32.3 Å². The molecule has 0 radical (unpaired) electrons. The second-order valence-electron chi connectivity index (χ2n) is 5.28. The van der Waals surface area contributed by atoms with Crippen LogP contribution in [0.1, 0.15) is 51.1 Å². The summed E-state index contributed by atoms with van der Waals surface area (Å²) in [4.78, 5) is 13.8. The normalized spacial score (nSPS) is 17.1. The monoisotopic (exact) mass is 260 g/mol. The summed E-state index contributed by atoms with van der Waals surface area (Å²) in [6.45, 7) is 6.24. The van der Waals surface area contributed by atoms with Gasteiger partial charge in [-0.15, -0.1) is 0 Å². The number of hydrogen-bond acceptors (Lipinski definition) is 2. The summed E-state index contributed by atoms with van der Waals surface area (Å²) in [5.74, 6) is 0.104. The second kappa shape index (κ2) is 6.60. The molecule has 19 heavy (non-hydrogen) atoms. The Labute approximate surface area is 116 Å². The van der Waals surface area contributed by atoms with Gasteiger partial charge in [0.2, 0.25) is 5.91 Å². The Kier molecular flexibility index (Phi) is 4.83. The van der Waals surface area contributed by atoms with Gasteiger partial charge in [0.1, 0.15) is 0 Å². The number of benzene rings is 1. The van der Waals surface area contributed by atoms with Crippen molar-refractivity contribution in [2.24, 2.45) is 0 Å². The van der Waals surface area contributed by atoms with Gasteiger partial charge < -0.3 is 10.2 Å². The van der Waals surface area contributed by atoms with Gasteiger partial charge in [-0.05, 0) is 43.9 Å². The molecule has 0 saturated carbocycles. The van der Waals surface area contributed by atoms with Crippen LogP contribution in [-0.4, -0.2) is 19.0 Å². The minimum Gasteiger partial charge on any atom is -0.372 e. The lowest BCUT2D eigenvalue weighted by Crippen LogP contribution is -2.29. The van der Waals surface area contributed by atoms with Crippen molar-refractivity contribution in [1.29, 1.82) is 0 Å². The van der Waals surface area contributed by atoms with Gasteiger partial charge in [0.05, 0.1) is 6.04 Å². The van der Waals surface area contributed by atoms with Gasteiger partial charge in [-0.1, -0.05) is 19.1 Å². The second-order valence-corrected chi connectivity index (χ2v) is 5.28. The predicted molar refractivity (Wildman–Crippen MR) is 79.4 cm³/mol. The number of nitrogens with one attached hydrogen (secondary N) is 1. The van der Waals surface area contributed by atoms with Gasteiger partial charge in [-0.25, -0.2) is 0 Å². The van der Waals surface area contributed by atoms with Crippen LogP contribution in [0.2, 0.25) is 0 Å². The highest BCUT2D eigenvalue weighted by atomic mass is 16.1. The molecule has 0 bridgehead atoms. The number of carbonyl (C=O) groups excluding carboxylic acids is 1. The lowest BCUT2D eigenvalue weighted by atomic mass is 10.1. The van der Waals surface area contributed by atoms with Gasteiger partial charge >= 0.3 is 0 Å². The van der Waals surface area contributed by atoms with Crippen molar-refractivity contribution in [2.45, 2.75) is 45.6 Å². The molecule has 3 nitrogen and oxygen atoms in total. The zero-order valence-corrected chi connectivity index (χ0v) is 12.0. The Balaban J connectivity index is 1.99. The SMILES string of the molecule is CCC(=O)NC(C)c1ccc(N2CCCCC2)cc1. The molecule has 1 amide bonds. The Morgan fingerprint density at radius 3 is 2.42 bits per heavy atom. The minimum atomic E-state index is 0.0860. The van der Waals surface area contributed by atoms with Crippen LogP contribution in [0.5, 0.6) is 0 Å². The van der Waals surface area contributed by atoms with Crippen molar-refractivity contribution < 1.29 is 4.79 Å². The average molecular weight is 260 g/mol. The molecule has 1 heterocycles. The molecule has 0 spiro atoms. The summed E-state index contributed by atoms with van der Waals surface area (Å²) in [5.41, 5.74) is 2.47. The first kappa shape index (κ1) is 13.9. The van der Waals surface area contributed by atoms with Crippen LogP contribution < -0.4 is 10.2 Å². The van der Waals surface area contributed by atoms with Crippen molar-refractivity contribution in [1.82, 2.24) is 5.32 Å². The van der Waals surface area contributed by atoms with E-state index in [4.69, 9.17) is 0 Å². The summed E-state index contributed by atoms with van der Waals surface area (Å²) in [6, 6.07) is 8.70. The molecule has 0 aliphatic carbocycles. The zero-order chi connectivity index (χ0) is 13.7. The molecule has 1 fully saturated rings. The number of hydrogen-bond donors (Lipinski definition) is 1. The van der Waals surface area contributed by atoms with Crippen LogP contribution >= 0.6 is 0 Å². The molecule has 1 aromatic rings. The highest BCUT2D eigenvalue weighted by Crippen LogP contribution is 2.22. The van der Waals surface area contributed by atoms with E-state index >= 15 is 0 Å². The Hall–Kier alpha value is -1.51. The fraction of sp³-hybridized carbons (Fsp3) is 0.562. The van der Waals surface area contributed by atoms with Crippen LogP contribution in [-0.2, 0) is 4.79 Å². The summed E-state index contributed by atoms with van der Waals surface area (Å²) in [7, 11) is 0. The van der Waals surface area contributed by atoms with Crippen molar-refractivity contribution in [2.75, 3.05) is 18.0 Å². The summed E-state index contributed by atoms with van der Waals surface area (Å²) >= 11 is 0. The maximum atomic E-state index is 11.4. The molecule has 0 aromatic heterocycles. The number of anilines is 1. The van der Waals surface area contributed by atoms with E-state index in [1.165, 1.54) is 43.6 Å². The molecule has 2 rings (SSSR count). The van der Waals surface area contributed by atoms with Gasteiger partial charge in [-0.2, -0.15) is 0 Å². The van der Waals surface area contributed by atoms with Gasteiger partial charge in [-0.3, -0.25) is 4.79 Å². The molecule has 1 aliphatic heterocycles. The standard InChI is InChI=1S/C16H24N2O/c1-3-16(19)17-13(2)14-7-9-15(10-8-14)18-11-5-4-6-12-18/h7-10,13H,3-6,11-12H2,1-2H3,(H,17,19). The number of nitrogens with zero attached hydrogens (tertiary/aromatic N) is 1. The van der Waals surface area contributed by atoms with Crippen molar-refractivity contribution >= 4 is 11.6 Å². The lowest BCUT2D eigenvalue weighted by Gasteiger charge is -2.29. The highest BCUT2D eigenvalue weighted by Gasteiger charge is 2.12. The fourth-order valence-electron chi connectivity index (χ4n) is 2.55. The van der Waals surface area contributed by atoms with Crippen LogP contribution in [0.4, 0.5) is 5.69 Å². The van der Waals surface area contributed by atoms with Gasteiger partial charge in [0.25, 0.3) is 0 Å². The van der Waals surface area contributed by atoms with E-state index in [2.05, 4.69) is 34.5 Å². The fourth-order valence-corrected chi connectivity index (χ4v) is 2.55. The third-order valence-corrected chi connectivity index (χ3v) is 3.81. The van der Waals surface area contributed by atoms with Crippen LogP contribution in [0.3, 0.4) is 0 Å². The molecule has 1 saturated heterocycles. The summed E-state index contributed by atoms with van der Waals surface area (Å²) in [6.07, 6.45) is 4.49. The molecule has 104 valence electrons. The lowest BCUT2D eigenvalue weighted by molar-refractivity contribution is -0.121. The van der Waals surface area contributed by atoms with E-state index in [0.29, 0.717) is 6.42 Å². The highest BCUT2D eigenvalue weighted by molar-refractivity contribution is 5.76. The Morgan fingerprint density at radius 1 is 1.21 bits per heavy atom. The number of piperidine rings is 1. The zero-order valence-electron chi connectivity index (χ0n) is 12.0. The molecular weight excluding hydrogens is 236 g/mol. The molecule has 1 aromatic carbocycles. The molecule has 3 heteroatoms. The third kappa shape index (κ3) is 3.72. The van der Waals surface area contributed by atoms with E-state index < -0.39 is 0 Å². The van der Waals surface area contributed by atoms with Crippen LogP contribution in [0, 0.1) is 0 Å². The van der Waals surface area contributed by atoms with E-state index in [1.807, 2.05) is 13.8 Å². The molecule has 1 aliphatic rings. The van der Waals surface area contributed by atoms with Crippen LogP contribution in [0.15, 0.2) is 24.3 Å². The van der Waals surface area contributed by atoms with Crippen molar-refractivity contribution in [3.63, 3.8) is 0 Å². The summed E-state index contributed by atoms with van der Waals surface area (Å²) < 4.78 is 0. The molecule has 1 atom stereocenters. The minimum absolute atomic E-state index is 0.0860. The first-order valence-corrected chi connectivity index (χ1v) is 7.35. The van der Waals surface area contributed by atoms with E-state index in [1.54, 1.807) is 0 Å². The van der Waals surface area contributed by atoms with Gasteiger partial charge in [0.15, 0.2) is 0 Å². The Morgan fingerprint density at radius 2 is 1.84 bits per heavy atom. The average Bonchev–Trinajstić information content (AvgIpc) is 2.48. The quantitative estimate of drug-likeness (QED) is 0.901. The van der Waals surface area contributed by atoms with Gasteiger partial charge in [0, 0.05) is 25.2 Å². The Bertz CT molecular complexity index is 407. The van der Waals surface area contributed by atoms with E-state index in [0.717, 1.165) is 0 Å². The molecule has 1 N–H and O–H groups in total. The third-order valence-electron chi connectivity index (χ3n) is 3.81. The number of carbonyl (C=O) groups is 1. The largest absolute Gasteiger partial charge is 0.372 e. The number of amides is 1. The van der Waals surface area contributed by atoms with Crippen LogP contribution in [0.25, 0.3) is 0 Å². The summed E-state index contributed by atoms with van der Waals surface area (Å²) in [5, 5.41) is 2.99.